The van der Waals surface area contributed by atoms with Gasteiger partial charge in [0.25, 0.3) is 0 Å². The molecule has 0 aliphatic rings. The minimum atomic E-state index is 0.510. The molecule has 0 fully saturated rings. The third kappa shape index (κ3) is 3.51. The van der Waals surface area contributed by atoms with Crippen LogP contribution in [0.15, 0.2) is 24.3 Å². The van der Waals surface area contributed by atoms with Crippen LogP contribution in [0, 0.1) is 5.92 Å². The first-order chi connectivity index (χ1) is 9.20. The van der Waals surface area contributed by atoms with Crippen LogP contribution >= 0.6 is 0 Å². The highest BCUT2D eigenvalue weighted by Crippen LogP contribution is 2.16. The highest BCUT2D eigenvalue weighted by Gasteiger charge is 2.07. The number of hydrogen-bond donors (Lipinski definition) is 1. The van der Waals surface area contributed by atoms with Crippen LogP contribution in [0.5, 0.6) is 5.75 Å². The van der Waals surface area contributed by atoms with Gasteiger partial charge in [0.2, 0.25) is 0 Å². The summed E-state index contributed by atoms with van der Waals surface area (Å²) in [6.07, 6.45) is 0.651. The summed E-state index contributed by atoms with van der Waals surface area (Å²) in [5.41, 5.74) is 6.44. The number of aromatic nitrogens is 4. The first-order valence-electron chi connectivity index (χ1n) is 6.41. The molecule has 0 radical (unpaired) electrons. The molecule has 1 aromatic carbocycles. The number of ether oxygens (including phenoxy) is 1. The van der Waals surface area contributed by atoms with E-state index in [0.29, 0.717) is 25.5 Å². The van der Waals surface area contributed by atoms with Gasteiger partial charge in [-0.1, -0.05) is 13.8 Å². The van der Waals surface area contributed by atoms with Crippen LogP contribution in [0.1, 0.15) is 19.7 Å². The lowest BCUT2D eigenvalue weighted by molar-refractivity contribution is 0.271. The lowest BCUT2D eigenvalue weighted by Crippen LogP contribution is -2.10. The van der Waals surface area contributed by atoms with Crippen molar-refractivity contribution in [3.63, 3.8) is 0 Å². The lowest BCUT2D eigenvalue weighted by atomic mass is 10.2. The summed E-state index contributed by atoms with van der Waals surface area (Å²) in [6, 6.07) is 7.72. The van der Waals surface area contributed by atoms with E-state index < -0.39 is 0 Å². The van der Waals surface area contributed by atoms with Gasteiger partial charge in [-0.3, -0.25) is 0 Å². The smallest absolute Gasteiger partial charge is 0.157 e. The van der Waals surface area contributed by atoms with Gasteiger partial charge in [0.1, 0.15) is 5.75 Å². The molecule has 2 rings (SSSR count). The average molecular weight is 261 g/mol. The van der Waals surface area contributed by atoms with Crippen LogP contribution in [0.3, 0.4) is 0 Å². The number of benzene rings is 1. The SMILES string of the molecule is CC(C)COc1ccc(-n2nnnc2CCN)cc1. The Morgan fingerprint density at radius 3 is 2.63 bits per heavy atom. The largest absolute Gasteiger partial charge is 0.493 e. The van der Waals surface area contributed by atoms with Gasteiger partial charge in [0, 0.05) is 6.42 Å². The summed E-state index contributed by atoms with van der Waals surface area (Å²) < 4.78 is 7.33. The van der Waals surface area contributed by atoms with E-state index in [0.717, 1.165) is 17.3 Å². The Hall–Kier alpha value is -1.95. The molecule has 1 aromatic heterocycles. The zero-order chi connectivity index (χ0) is 13.7. The van der Waals surface area contributed by atoms with Gasteiger partial charge < -0.3 is 10.5 Å². The molecule has 102 valence electrons. The van der Waals surface area contributed by atoms with Crippen molar-refractivity contribution in [2.75, 3.05) is 13.2 Å². The van der Waals surface area contributed by atoms with E-state index in [1.165, 1.54) is 0 Å². The fourth-order valence-electron chi connectivity index (χ4n) is 1.64. The van der Waals surface area contributed by atoms with Crippen molar-refractivity contribution in [3.8, 4) is 11.4 Å². The van der Waals surface area contributed by atoms with Crippen LogP contribution in [0.25, 0.3) is 5.69 Å². The van der Waals surface area contributed by atoms with Crippen LogP contribution < -0.4 is 10.5 Å². The standard InChI is InChI=1S/C13H19N5O/c1-10(2)9-19-12-5-3-11(4-6-12)18-13(7-8-14)15-16-17-18/h3-6,10H,7-9,14H2,1-2H3. The molecule has 0 aliphatic carbocycles. The first-order valence-corrected chi connectivity index (χ1v) is 6.41. The first kappa shape index (κ1) is 13.5. The van der Waals surface area contributed by atoms with Crippen molar-refractivity contribution in [2.24, 2.45) is 11.7 Å². The predicted octanol–water partition coefficient (Wildman–Crippen LogP) is 1.20. The molecule has 0 atom stereocenters. The summed E-state index contributed by atoms with van der Waals surface area (Å²) >= 11 is 0. The Balaban J connectivity index is 2.11. The average Bonchev–Trinajstić information content (AvgIpc) is 2.86. The van der Waals surface area contributed by atoms with Crippen molar-refractivity contribution in [2.45, 2.75) is 20.3 Å². The van der Waals surface area contributed by atoms with Crippen molar-refractivity contribution in [1.82, 2.24) is 20.2 Å². The van der Waals surface area contributed by atoms with Crippen molar-refractivity contribution >= 4 is 0 Å². The van der Waals surface area contributed by atoms with E-state index in [1.54, 1.807) is 4.68 Å². The third-order valence-electron chi connectivity index (χ3n) is 2.57. The van der Waals surface area contributed by atoms with Crippen molar-refractivity contribution in [1.29, 1.82) is 0 Å². The predicted molar refractivity (Wildman–Crippen MR) is 72.2 cm³/mol. The Morgan fingerprint density at radius 1 is 1.26 bits per heavy atom. The van der Waals surface area contributed by atoms with E-state index in [4.69, 9.17) is 10.5 Å². The minimum absolute atomic E-state index is 0.510. The summed E-state index contributed by atoms with van der Waals surface area (Å²) in [5, 5.41) is 11.6. The van der Waals surface area contributed by atoms with Gasteiger partial charge in [-0.25, -0.2) is 0 Å². The quantitative estimate of drug-likeness (QED) is 0.845. The Kier molecular flexibility index (Phi) is 4.46. The maximum Gasteiger partial charge on any atom is 0.157 e. The molecular formula is C13H19N5O. The molecule has 6 heteroatoms. The molecule has 2 N–H and O–H groups in total. The summed E-state index contributed by atoms with van der Waals surface area (Å²) in [6.45, 7) is 5.47. The molecule has 2 aromatic rings. The number of hydrogen-bond acceptors (Lipinski definition) is 5. The fraction of sp³-hybridized carbons (Fsp3) is 0.462. The zero-order valence-electron chi connectivity index (χ0n) is 11.3. The van der Waals surface area contributed by atoms with Gasteiger partial charge in [0.05, 0.1) is 12.3 Å². The molecule has 1 heterocycles. The summed E-state index contributed by atoms with van der Waals surface area (Å²) in [4.78, 5) is 0. The zero-order valence-corrected chi connectivity index (χ0v) is 11.3. The Bertz CT molecular complexity index is 506. The summed E-state index contributed by atoms with van der Waals surface area (Å²) in [7, 11) is 0. The van der Waals surface area contributed by atoms with Crippen LogP contribution in [0.2, 0.25) is 0 Å². The molecule has 0 saturated heterocycles. The normalized spacial score (nSPS) is 10.9. The lowest BCUT2D eigenvalue weighted by Gasteiger charge is -2.09. The molecule has 0 unspecified atom stereocenters. The molecule has 0 spiro atoms. The fourth-order valence-corrected chi connectivity index (χ4v) is 1.64. The number of nitrogens with zero attached hydrogens (tertiary/aromatic N) is 4. The molecule has 0 bridgehead atoms. The van der Waals surface area contributed by atoms with E-state index in [2.05, 4.69) is 29.4 Å². The second-order valence-corrected chi connectivity index (χ2v) is 4.74. The van der Waals surface area contributed by atoms with Crippen LogP contribution in [0.4, 0.5) is 0 Å². The number of nitrogens with two attached hydrogens (primary N) is 1. The van der Waals surface area contributed by atoms with Gasteiger partial charge in [0.15, 0.2) is 5.82 Å². The van der Waals surface area contributed by atoms with Gasteiger partial charge in [-0.15, -0.1) is 5.10 Å². The molecule has 0 saturated carbocycles. The van der Waals surface area contributed by atoms with E-state index in [1.807, 2.05) is 24.3 Å². The Morgan fingerprint density at radius 2 is 2.00 bits per heavy atom. The van der Waals surface area contributed by atoms with E-state index in [9.17, 15) is 0 Å². The maximum absolute atomic E-state index is 5.64. The van der Waals surface area contributed by atoms with Crippen LogP contribution in [-0.4, -0.2) is 33.4 Å². The van der Waals surface area contributed by atoms with E-state index in [-0.39, 0.29) is 0 Å². The second kappa shape index (κ2) is 6.29. The van der Waals surface area contributed by atoms with Gasteiger partial charge in [-0.05, 0) is 47.2 Å². The van der Waals surface area contributed by atoms with Crippen molar-refractivity contribution in [3.05, 3.63) is 30.1 Å². The number of rotatable bonds is 6. The molecule has 19 heavy (non-hydrogen) atoms. The number of tetrazole rings is 1. The monoisotopic (exact) mass is 261 g/mol. The molecular weight excluding hydrogens is 242 g/mol. The maximum atomic E-state index is 5.64. The molecule has 0 aliphatic heterocycles. The third-order valence-corrected chi connectivity index (χ3v) is 2.57. The summed E-state index contributed by atoms with van der Waals surface area (Å²) in [5.74, 6) is 2.12. The topological polar surface area (TPSA) is 78.8 Å². The highest BCUT2D eigenvalue weighted by molar-refractivity contribution is 5.37. The van der Waals surface area contributed by atoms with Gasteiger partial charge >= 0.3 is 0 Å². The van der Waals surface area contributed by atoms with Crippen molar-refractivity contribution < 1.29 is 4.74 Å². The second-order valence-electron chi connectivity index (χ2n) is 4.74. The minimum Gasteiger partial charge on any atom is -0.493 e. The molecule has 6 nitrogen and oxygen atoms in total. The van der Waals surface area contributed by atoms with Gasteiger partial charge in [-0.2, -0.15) is 4.68 Å². The molecule has 0 amide bonds. The Labute approximate surface area is 112 Å². The highest BCUT2D eigenvalue weighted by atomic mass is 16.5. The van der Waals surface area contributed by atoms with E-state index >= 15 is 0 Å². The van der Waals surface area contributed by atoms with Crippen LogP contribution in [-0.2, 0) is 6.42 Å².